The molecular weight excluding hydrogens is 174 g/mol. The summed E-state index contributed by atoms with van der Waals surface area (Å²) < 4.78 is 5.82. The average Bonchev–Trinajstić information content (AvgIpc) is 2.51. The highest BCUT2D eigenvalue weighted by atomic mass is 16.5. The van der Waals surface area contributed by atoms with Gasteiger partial charge < -0.3 is 4.74 Å². The van der Waals surface area contributed by atoms with Gasteiger partial charge in [0.05, 0.1) is 6.61 Å². The molecule has 1 saturated heterocycles. The van der Waals surface area contributed by atoms with E-state index in [0.29, 0.717) is 0 Å². The fraction of sp³-hybridized carbons (Fsp3) is 0.500. The Kier molecular flexibility index (Phi) is 4.11. The summed E-state index contributed by atoms with van der Waals surface area (Å²) in [5.74, 6) is 0. The number of hydrogen-bond acceptors (Lipinski definition) is 2. The minimum Gasteiger partial charge on any atom is -0.358 e. The highest BCUT2D eigenvalue weighted by Gasteiger charge is 2.39. The molecule has 0 aliphatic carbocycles. The molecule has 0 radical (unpaired) electrons. The third-order valence-corrected chi connectivity index (χ3v) is 2.58. The number of rotatable bonds is 6. The lowest BCUT2D eigenvalue weighted by Gasteiger charge is -2.35. The molecule has 0 unspecified atom stereocenters. The van der Waals surface area contributed by atoms with Crippen molar-refractivity contribution in [3.05, 3.63) is 38.0 Å². The van der Waals surface area contributed by atoms with Crippen molar-refractivity contribution in [3.63, 3.8) is 0 Å². The summed E-state index contributed by atoms with van der Waals surface area (Å²) in [6.45, 7) is 13.9. The van der Waals surface area contributed by atoms with E-state index < -0.39 is 0 Å². The third-order valence-electron chi connectivity index (χ3n) is 2.58. The summed E-state index contributed by atoms with van der Waals surface area (Å²) in [4.78, 5) is 2.30. The van der Waals surface area contributed by atoms with Crippen molar-refractivity contribution in [1.29, 1.82) is 0 Å². The maximum absolute atomic E-state index is 5.82. The normalized spacial score (nSPS) is 20.6. The van der Waals surface area contributed by atoms with Crippen molar-refractivity contribution < 1.29 is 4.74 Å². The molecule has 2 heteroatoms. The SMILES string of the molecule is C=CCN1CCOC1(CC=C)CC=C. The van der Waals surface area contributed by atoms with Crippen LogP contribution in [0.1, 0.15) is 12.8 Å². The molecule has 0 spiro atoms. The van der Waals surface area contributed by atoms with Crippen molar-refractivity contribution in [2.75, 3.05) is 19.7 Å². The van der Waals surface area contributed by atoms with E-state index in [4.69, 9.17) is 4.74 Å². The molecule has 0 saturated carbocycles. The van der Waals surface area contributed by atoms with Crippen molar-refractivity contribution in [2.24, 2.45) is 0 Å². The molecule has 14 heavy (non-hydrogen) atoms. The van der Waals surface area contributed by atoms with Gasteiger partial charge in [-0.25, -0.2) is 0 Å². The van der Waals surface area contributed by atoms with E-state index in [1.165, 1.54) is 0 Å². The monoisotopic (exact) mass is 193 g/mol. The summed E-state index contributed by atoms with van der Waals surface area (Å²) in [7, 11) is 0. The van der Waals surface area contributed by atoms with Crippen LogP contribution in [0.5, 0.6) is 0 Å². The predicted octanol–water partition coefficient (Wildman–Crippen LogP) is 2.35. The molecule has 0 bridgehead atoms. The van der Waals surface area contributed by atoms with E-state index in [-0.39, 0.29) is 5.72 Å². The zero-order chi connectivity index (χ0) is 10.4. The smallest absolute Gasteiger partial charge is 0.129 e. The standard InChI is InChI=1S/C12H19NO/c1-4-7-12(8-5-2)13(9-6-3)10-11-14-12/h4-6H,1-3,7-11H2. The summed E-state index contributed by atoms with van der Waals surface area (Å²) in [5.41, 5.74) is -0.211. The molecule has 1 fully saturated rings. The lowest BCUT2D eigenvalue weighted by Crippen LogP contribution is -2.44. The van der Waals surface area contributed by atoms with E-state index in [9.17, 15) is 0 Å². The molecule has 0 aromatic carbocycles. The van der Waals surface area contributed by atoms with Crippen LogP contribution in [0.15, 0.2) is 38.0 Å². The van der Waals surface area contributed by atoms with Crippen molar-refractivity contribution in [2.45, 2.75) is 18.6 Å². The van der Waals surface area contributed by atoms with Crippen molar-refractivity contribution in [1.82, 2.24) is 4.90 Å². The Morgan fingerprint density at radius 2 is 1.79 bits per heavy atom. The van der Waals surface area contributed by atoms with Crippen LogP contribution in [0.2, 0.25) is 0 Å². The minimum absolute atomic E-state index is 0.211. The fourth-order valence-corrected chi connectivity index (χ4v) is 1.96. The second kappa shape index (κ2) is 5.13. The summed E-state index contributed by atoms with van der Waals surface area (Å²) in [6.07, 6.45) is 7.41. The van der Waals surface area contributed by atoms with Gasteiger partial charge >= 0.3 is 0 Å². The van der Waals surface area contributed by atoms with Gasteiger partial charge in [-0.05, 0) is 0 Å². The van der Waals surface area contributed by atoms with Gasteiger partial charge in [0.1, 0.15) is 5.72 Å². The fourth-order valence-electron chi connectivity index (χ4n) is 1.96. The second-order valence-corrected chi connectivity index (χ2v) is 3.51. The topological polar surface area (TPSA) is 12.5 Å². The Labute approximate surface area is 86.6 Å². The van der Waals surface area contributed by atoms with Gasteiger partial charge in [0, 0.05) is 25.9 Å². The van der Waals surface area contributed by atoms with Gasteiger partial charge in [-0.15, -0.1) is 19.7 Å². The molecule has 2 nitrogen and oxygen atoms in total. The summed E-state index contributed by atoms with van der Waals surface area (Å²) in [5, 5.41) is 0. The van der Waals surface area contributed by atoms with E-state index >= 15 is 0 Å². The molecule has 1 rings (SSSR count). The Balaban J connectivity index is 2.75. The Hall–Kier alpha value is -0.860. The molecule has 1 aliphatic heterocycles. The highest BCUT2D eigenvalue weighted by molar-refractivity contribution is 4.98. The Morgan fingerprint density at radius 1 is 1.14 bits per heavy atom. The lowest BCUT2D eigenvalue weighted by atomic mass is 10.0. The second-order valence-electron chi connectivity index (χ2n) is 3.51. The van der Waals surface area contributed by atoms with Gasteiger partial charge in [0.25, 0.3) is 0 Å². The first-order valence-electron chi connectivity index (χ1n) is 5.01. The maximum atomic E-state index is 5.82. The minimum atomic E-state index is -0.211. The molecule has 78 valence electrons. The van der Waals surface area contributed by atoms with E-state index in [1.807, 2.05) is 18.2 Å². The zero-order valence-electron chi connectivity index (χ0n) is 8.74. The zero-order valence-corrected chi connectivity index (χ0v) is 8.74. The van der Waals surface area contributed by atoms with E-state index in [0.717, 1.165) is 32.5 Å². The first kappa shape index (κ1) is 11.2. The molecule has 0 amide bonds. The Bertz CT molecular complexity index is 212. The van der Waals surface area contributed by atoms with Crippen LogP contribution >= 0.6 is 0 Å². The average molecular weight is 193 g/mol. The van der Waals surface area contributed by atoms with Gasteiger partial charge in [-0.2, -0.15) is 0 Å². The van der Waals surface area contributed by atoms with Crippen LogP contribution < -0.4 is 0 Å². The predicted molar refractivity (Wildman–Crippen MR) is 60.1 cm³/mol. The molecule has 1 heterocycles. The van der Waals surface area contributed by atoms with Gasteiger partial charge in [-0.1, -0.05) is 18.2 Å². The van der Waals surface area contributed by atoms with E-state index in [2.05, 4.69) is 24.6 Å². The van der Waals surface area contributed by atoms with Gasteiger partial charge in [-0.3, -0.25) is 4.90 Å². The number of hydrogen-bond donors (Lipinski definition) is 0. The summed E-state index contributed by atoms with van der Waals surface area (Å²) >= 11 is 0. The van der Waals surface area contributed by atoms with Gasteiger partial charge in [0.15, 0.2) is 0 Å². The van der Waals surface area contributed by atoms with Crippen LogP contribution in [0.4, 0.5) is 0 Å². The van der Waals surface area contributed by atoms with Crippen molar-refractivity contribution >= 4 is 0 Å². The number of ether oxygens (including phenoxy) is 1. The maximum Gasteiger partial charge on any atom is 0.129 e. The molecule has 1 aliphatic rings. The first-order valence-corrected chi connectivity index (χ1v) is 5.01. The quantitative estimate of drug-likeness (QED) is 0.600. The summed E-state index contributed by atoms with van der Waals surface area (Å²) in [6, 6.07) is 0. The molecule has 0 aromatic heterocycles. The largest absolute Gasteiger partial charge is 0.358 e. The van der Waals surface area contributed by atoms with Crippen LogP contribution in [-0.2, 0) is 4.74 Å². The third kappa shape index (κ3) is 2.14. The Morgan fingerprint density at radius 3 is 2.29 bits per heavy atom. The van der Waals surface area contributed by atoms with Crippen LogP contribution in [0.3, 0.4) is 0 Å². The van der Waals surface area contributed by atoms with Crippen LogP contribution in [-0.4, -0.2) is 30.3 Å². The molecule has 0 N–H and O–H groups in total. The van der Waals surface area contributed by atoms with Gasteiger partial charge in [0.2, 0.25) is 0 Å². The lowest BCUT2D eigenvalue weighted by molar-refractivity contribution is -0.0724. The molecule has 0 atom stereocenters. The molecular formula is C12H19NO. The van der Waals surface area contributed by atoms with Crippen molar-refractivity contribution in [3.8, 4) is 0 Å². The number of nitrogens with zero attached hydrogens (tertiary/aromatic N) is 1. The van der Waals surface area contributed by atoms with Crippen LogP contribution in [0.25, 0.3) is 0 Å². The highest BCUT2D eigenvalue weighted by Crippen LogP contribution is 2.31. The van der Waals surface area contributed by atoms with E-state index in [1.54, 1.807) is 0 Å². The first-order chi connectivity index (χ1) is 6.79. The molecule has 0 aromatic rings. The van der Waals surface area contributed by atoms with Crippen LogP contribution in [0, 0.1) is 0 Å².